The van der Waals surface area contributed by atoms with E-state index in [9.17, 15) is 0 Å². The molecule has 0 amide bonds. The Bertz CT molecular complexity index is 339. The maximum absolute atomic E-state index is 5.48. The summed E-state index contributed by atoms with van der Waals surface area (Å²) < 4.78 is 6.63. The minimum Gasteiger partial charge on any atom is -0.381 e. The van der Waals surface area contributed by atoms with Crippen molar-refractivity contribution < 1.29 is 4.74 Å². The van der Waals surface area contributed by atoms with Crippen molar-refractivity contribution >= 4 is 21.6 Å². The van der Waals surface area contributed by atoms with Crippen molar-refractivity contribution in [3.8, 4) is 0 Å². The van der Waals surface area contributed by atoms with Crippen LogP contribution in [0.2, 0.25) is 0 Å². The Morgan fingerprint density at radius 2 is 1.67 bits per heavy atom. The molecule has 2 fully saturated rings. The van der Waals surface area contributed by atoms with Crippen LogP contribution in [0.1, 0.15) is 0 Å². The fourth-order valence-corrected chi connectivity index (χ4v) is 2.81. The maximum Gasteiger partial charge on any atom is 0.0515 e. The summed E-state index contributed by atoms with van der Waals surface area (Å²) in [4.78, 5) is 2.48. The fraction of sp³-hybridized carbons (Fsp3) is 0.500. The molecule has 2 nitrogen and oxygen atoms in total. The Morgan fingerprint density at radius 3 is 2.27 bits per heavy atom. The highest BCUT2D eigenvalue weighted by molar-refractivity contribution is 9.10. The molecule has 0 saturated carbocycles. The Kier molecular flexibility index (Phi) is 2.45. The number of benzene rings is 1. The van der Waals surface area contributed by atoms with Crippen molar-refractivity contribution in [3.63, 3.8) is 0 Å². The fourth-order valence-electron chi connectivity index (χ4n) is 2.55. The molecule has 3 rings (SSSR count). The van der Waals surface area contributed by atoms with E-state index in [1.807, 2.05) is 0 Å². The molecule has 1 aromatic carbocycles. The van der Waals surface area contributed by atoms with Crippen LogP contribution in [0.4, 0.5) is 5.69 Å². The molecule has 1 aromatic rings. The third kappa shape index (κ3) is 1.79. The smallest absolute Gasteiger partial charge is 0.0515 e. The third-order valence-corrected chi connectivity index (χ3v) is 3.96. The second-order valence-electron chi connectivity index (χ2n) is 4.44. The van der Waals surface area contributed by atoms with Crippen LogP contribution >= 0.6 is 15.9 Å². The average molecular weight is 268 g/mol. The van der Waals surface area contributed by atoms with Gasteiger partial charge in [-0.3, -0.25) is 0 Å². The summed E-state index contributed by atoms with van der Waals surface area (Å²) in [6.45, 7) is 4.23. The second-order valence-corrected chi connectivity index (χ2v) is 5.35. The number of nitrogens with zero attached hydrogens (tertiary/aromatic N) is 1. The number of hydrogen-bond donors (Lipinski definition) is 0. The van der Waals surface area contributed by atoms with Crippen LogP contribution in [-0.4, -0.2) is 26.3 Å². The highest BCUT2D eigenvalue weighted by Gasteiger charge is 2.36. The molecule has 0 bridgehead atoms. The number of fused-ring (bicyclic) bond motifs is 1. The SMILES string of the molecule is Brc1ccc(N2C[C@H]3COC[C@H]3C2)cc1. The first-order valence-corrected chi connectivity index (χ1v) is 6.20. The molecule has 15 heavy (non-hydrogen) atoms. The minimum atomic E-state index is 0.758. The van der Waals surface area contributed by atoms with Crippen LogP contribution < -0.4 is 4.90 Å². The van der Waals surface area contributed by atoms with Gasteiger partial charge in [0.2, 0.25) is 0 Å². The van der Waals surface area contributed by atoms with Gasteiger partial charge in [0.15, 0.2) is 0 Å². The average Bonchev–Trinajstić information content (AvgIpc) is 2.78. The topological polar surface area (TPSA) is 12.5 Å². The van der Waals surface area contributed by atoms with Gasteiger partial charge in [0.05, 0.1) is 13.2 Å². The zero-order chi connectivity index (χ0) is 10.3. The van der Waals surface area contributed by atoms with Crippen molar-refractivity contribution in [3.05, 3.63) is 28.7 Å². The molecule has 0 aliphatic carbocycles. The Balaban J connectivity index is 1.76. The molecule has 80 valence electrons. The minimum absolute atomic E-state index is 0.758. The number of rotatable bonds is 1. The van der Waals surface area contributed by atoms with Crippen molar-refractivity contribution in [2.45, 2.75) is 0 Å². The number of ether oxygens (including phenoxy) is 1. The molecule has 2 atom stereocenters. The maximum atomic E-state index is 5.48. The van der Waals surface area contributed by atoms with Gasteiger partial charge in [-0.1, -0.05) is 15.9 Å². The quantitative estimate of drug-likeness (QED) is 0.776. The molecule has 0 spiro atoms. The van der Waals surface area contributed by atoms with Crippen LogP contribution in [0, 0.1) is 11.8 Å². The third-order valence-electron chi connectivity index (χ3n) is 3.43. The van der Waals surface area contributed by atoms with Gasteiger partial charge < -0.3 is 9.64 Å². The van der Waals surface area contributed by atoms with E-state index in [0.29, 0.717) is 0 Å². The lowest BCUT2D eigenvalue weighted by molar-refractivity contribution is 0.177. The molecular weight excluding hydrogens is 254 g/mol. The molecule has 0 unspecified atom stereocenters. The number of hydrogen-bond acceptors (Lipinski definition) is 2. The molecular formula is C12H14BrNO. The van der Waals surface area contributed by atoms with Crippen molar-refractivity contribution in [1.29, 1.82) is 0 Å². The number of halogens is 1. The Morgan fingerprint density at radius 1 is 1.07 bits per heavy atom. The molecule has 2 aliphatic rings. The van der Waals surface area contributed by atoms with Crippen LogP contribution in [0.5, 0.6) is 0 Å². The molecule has 0 radical (unpaired) electrons. The largest absolute Gasteiger partial charge is 0.381 e. The van der Waals surface area contributed by atoms with E-state index in [4.69, 9.17) is 4.74 Å². The molecule has 0 N–H and O–H groups in total. The van der Waals surface area contributed by atoms with Gasteiger partial charge in [-0.25, -0.2) is 0 Å². The zero-order valence-electron chi connectivity index (χ0n) is 8.53. The summed E-state index contributed by atoms with van der Waals surface area (Å²) in [5, 5.41) is 0. The van der Waals surface area contributed by atoms with Crippen molar-refractivity contribution in [1.82, 2.24) is 0 Å². The van der Waals surface area contributed by atoms with Gasteiger partial charge in [0.25, 0.3) is 0 Å². The number of anilines is 1. The van der Waals surface area contributed by atoms with Gasteiger partial charge in [-0.05, 0) is 24.3 Å². The summed E-state index contributed by atoms with van der Waals surface area (Å²) in [6.07, 6.45) is 0. The van der Waals surface area contributed by atoms with E-state index in [2.05, 4.69) is 45.1 Å². The van der Waals surface area contributed by atoms with Crippen LogP contribution in [0.15, 0.2) is 28.7 Å². The summed E-state index contributed by atoms with van der Waals surface area (Å²) >= 11 is 3.46. The van der Waals surface area contributed by atoms with Gasteiger partial charge in [0, 0.05) is 35.1 Å². The monoisotopic (exact) mass is 267 g/mol. The predicted molar refractivity (Wildman–Crippen MR) is 64.2 cm³/mol. The van der Waals surface area contributed by atoms with Crippen molar-refractivity contribution in [2.75, 3.05) is 31.2 Å². The van der Waals surface area contributed by atoms with E-state index < -0.39 is 0 Å². The van der Waals surface area contributed by atoms with E-state index in [0.717, 1.165) is 42.6 Å². The highest BCUT2D eigenvalue weighted by Crippen LogP contribution is 2.32. The first-order valence-electron chi connectivity index (χ1n) is 5.41. The zero-order valence-corrected chi connectivity index (χ0v) is 10.1. The molecule has 0 aromatic heterocycles. The first kappa shape index (κ1) is 9.67. The van der Waals surface area contributed by atoms with Crippen molar-refractivity contribution in [2.24, 2.45) is 11.8 Å². The summed E-state index contributed by atoms with van der Waals surface area (Å²) in [7, 11) is 0. The Labute approximate surface area is 98.4 Å². The molecule has 3 heteroatoms. The van der Waals surface area contributed by atoms with E-state index in [1.165, 1.54) is 5.69 Å². The van der Waals surface area contributed by atoms with E-state index in [1.54, 1.807) is 0 Å². The van der Waals surface area contributed by atoms with Crippen LogP contribution in [-0.2, 0) is 4.74 Å². The highest BCUT2D eigenvalue weighted by atomic mass is 79.9. The molecule has 2 heterocycles. The summed E-state index contributed by atoms with van der Waals surface area (Å²) in [6, 6.07) is 8.60. The van der Waals surface area contributed by atoms with Gasteiger partial charge >= 0.3 is 0 Å². The van der Waals surface area contributed by atoms with Crippen LogP contribution in [0.25, 0.3) is 0 Å². The normalized spacial score (nSPS) is 29.5. The second kappa shape index (κ2) is 3.80. The standard InChI is InChI=1S/C12H14BrNO/c13-11-1-3-12(4-2-11)14-5-9-7-15-8-10(9)6-14/h1-4,9-10H,5-8H2/t9-,10+. The van der Waals surface area contributed by atoms with E-state index in [-0.39, 0.29) is 0 Å². The summed E-state index contributed by atoms with van der Waals surface area (Å²) in [5.74, 6) is 1.52. The lowest BCUT2D eigenvalue weighted by Gasteiger charge is -2.19. The van der Waals surface area contributed by atoms with Crippen LogP contribution in [0.3, 0.4) is 0 Å². The lowest BCUT2D eigenvalue weighted by atomic mass is 10.0. The van der Waals surface area contributed by atoms with Gasteiger partial charge in [-0.15, -0.1) is 0 Å². The van der Waals surface area contributed by atoms with Gasteiger partial charge in [0.1, 0.15) is 0 Å². The van der Waals surface area contributed by atoms with Gasteiger partial charge in [-0.2, -0.15) is 0 Å². The Hall–Kier alpha value is -0.540. The summed E-state index contributed by atoms with van der Waals surface area (Å²) in [5.41, 5.74) is 1.34. The molecule has 2 saturated heterocycles. The predicted octanol–water partition coefficient (Wildman–Crippen LogP) is 2.53. The van der Waals surface area contributed by atoms with E-state index >= 15 is 0 Å². The molecule has 2 aliphatic heterocycles. The first-order chi connectivity index (χ1) is 7.33. The lowest BCUT2D eigenvalue weighted by Crippen LogP contribution is -2.21.